The standard InChI is InChI=1S/C20H17N3O/c1-2-14-7-9-17(10-8-14)23-20(24)15(12-21)11-16-13-22-19-6-4-3-5-18(16)19/h3-11,13,22H,2H2,1H3,(H,23,24)/b15-11+. The van der Waals surface area contributed by atoms with E-state index in [4.69, 9.17) is 0 Å². The minimum Gasteiger partial charge on any atom is -0.361 e. The first-order valence-electron chi connectivity index (χ1n) is 7.79. The number of aromatic amines is 1. The van der Waals surface area contributed by atoms with Gasteiger partial charge in [0.1, 0.15) is 11.6 Å². The smallest absolute Gasteiger partial charge is 0.266 e. The molecule has 4 heteroatoms. The van der Waals surface area contributed by atoms with Gasteiger partial charge < -0.3 is 10.3 Å². The molecule has 0 bridgehead atoms. The average Bonchev–Trinajstić information content (AvgIpc) is 3.03. The van der Waals surface area contributed by atoms with Gasteiger partial charge in [-0.2, -0.15) is 5.26 Å². The Morgan fingerprint density at radius 3 is 2.67 bits per heavy atom. The molecule has 0 atom stereocenters. The van der Waals surface area contributed by atoms with Gasteiger partial charge in [0.15, 0.2) is 0 Å². The van der Waals surface area contributed by atoms with Crippen LogP contribution in [-0.4, -0.2) is 10.9 Å². The van der Waals surface area contributed by atoms with Crippen LogP contribution in [0.2, 0.25) is 0 Å². The molecule has 0 spiro atoms. The zero-order valence-electron chi connectivity index (χ0n) is 13.3. The van der Waals surface area contributed by atoms with Crippen LogP contribution in [0.4, 0.5) is 5.69 Å². The maximum absolute atomic E-state index is 12.3. The summed E-state index contributed by atoms with van der Waals surface area (Å²) >= 11 is 0. The summed E-state index contributed by atoms with van der Waals surface area (Å²) in [6, 6.07) is 17.4. The van der Waals surface area contributed by atoms with Crippen molar-refractivity contribution in [2.75, 3.05) is 5.32 Å². The number of hydrogen-bond donors (Lipinski definition) is 2. The predicted octanol–water partition coefficient (Wildman–Crippen LogP) is 4.28. The number of aromatic nitrogens is 1. The van der Waals surface area contributed by atoms with Gasteiger partial charge in [-0.1, -0.05) is 37.3 Å². The van der Waals surface area contributed by atoms with Gasteiger partial charge in [0, 0.05) is 28.4 Å². The summed E-state index contributed by atoms with van der Waals surface area (Å²) in [5.41, 5.74) is 3.73. The third-order valence-corrected chi connectivity index (χ3v) is 3.91. The molecular formula is C20H17N3O. The number of fused-ring (bicyclic) bond motifs is 1. The van der Waals surface area contributed by atoms with Gasteiger partial charge in [0.25, 0.3) is 5.91 Å². The minimum atomic E-state index is -0.410. The molecule has 0 aliphatic rings. The van der Waals surface area contributed by atoms with Crippen molar-refractivity contribution in [3.63, 3.8) is 0 Å². The van der Waals surface area contributed by atoms with Crippen molar-refractivity contribution in [1.29, 1.82) is 5.26 Å². The van der Waals surface area contributed by atoms with E-state index in [2.05, 4.69) is 17.2 Å². The highest BCUT2D eigenvalue weighted by molar-refractivity contribution is 6.10. The van der Waals surface area contributed by atoms with Gasteiger partial charge in [-0.15, -0.1) is 0 Å². The van der Waals surface area contributed by atoms with Crippen LogP contribution in [0.3, 0.4) is 0 Å². The molecular weight excluding hydrogens is 298 g/mol. The van der Waals surface area contributed by atoms with Crippen molar-refractivity contribution in [2.24, 2.45) is 0 Å². The molecule has 2 aromatic carbocycles. The Hall–Kier alpha value is -3.32. The summed E-state index contributed by atoms with van der Waals surface area (Å²) in [5.74, 6) is -0.410. The molecule has 1 aromatic heterocycles. The highest BCUT2D eigenvalue weighted by Crippen LogP contribution is 2.20. The molecule has 4 nitrogen and oxygen atoms in total. The van der Waals surface area contributed by atoms with E-state index in [-0.39, 0.29) is 5.57 Å². The third-order valence-electron chi connectivity index (χ3n) is 3.91. The quantitative estimate of drug-likeness (QED) is 0.557. The molecule has 0 fully saturated rings. The number of carbonyl (C=O) groups excluding carboxylic acids is 1. The number of H-pyrrole nitrogens is 1. The first-order chi connectivity index (χ1) is 11.7. The van der Waals surface area contributed by atoms with Crippen LogP contribution < -0.4 is 5.32 Å². The summed E-state index contributed by atoms with van der Waals surface area (Å²) in [5, 5.41) is 13.1. The van der Waals surface area contributed by atoms with Gasteiger partial charge in [0.2, 0.25) is 0 Å². The molecule has 1 amide bonds. The number of nitrogens with zero attached hydrogens (tertiary/aromatic N) is 1. The van der Waals surface area contributed by atoms with Crippen molar-refractivity contribution >= 4 is 28.6 Å². The van der Waals surface area contributed by atoms with Crippen molar-refractivity contribution in [3.8, 4) is 6.07 Å². The van der Waals surface area contributed by atoms with Crippen LogP contribution in [-0.2, 0) is 11.2 Å². The number of para-hydroxylation sites is 1. The molecule has 3 rings (SSSR count). The van der Waals surface area contributed by atoms with Gasteiger partial charge >= 0.3 is 0 Å². The Balaban J connectivity index is 1.84. The van der Waals surface area contributed by atoms with Gasteiger partial charge in [0.05, 0.1) is 0 Å². The van der Waals surface area contributed by atoms with Crippen molar-refractivity contribution in [3.05, 3.63) is 71.4 Å². The fourth-order valence-electron chi connectivity index (χ4n) is 2.54. The monoisotopic (exact) mass is 315 g/mol. The summed E-state index contributed by atoms with van der Waals surface area (Å²) in [4.78, 5) is 15.5. The lowest BCUT2D eigenvalue weighted by Crippen LogP contribution is -2.13. The Kier molecular flexibility index (Phi) is 4.44. The SMILES string of the molecule is CCc1ccc(NC(=O)/C(C#N)=C/c2c[nH]c3ccccc23)cc1. The lowest BCUT2D eigenvalue weighted by atomic mass is 10.1. The van der Waals surface area contributed by atoms with Gasteiger partial charge in [-0.05, 0) is 36.3 Å². The minimum absolute atomic E-state index is 0.0688. The van der Waals surface area contributed by atoms with Gasteiger partial charge in [-0.3, -0.25) is 4.79 Å². The molecule has 0 aliphatic heterocycles. The average molecular weight is 315 g/mol. The number of amides is 1. The molecule has 24 heavy (non-hydrogen) atoms. The van der Waals surface area contributed by atoms with E-state index in [1.165, 1.54) is 5.56 Å². The fraction of sp³-hybridized carbons (Fsp3) is 0.100. The molecule has 0 aliphatic carbocycles. The second kappa shape index (κ2) is 6.84. The lowest BCUT2D eigenvalue weighted by Gasteiger charge is -2.05. The lowest BCUT2D eigenvalue weighted by molar-refractivity contribution is -0.112. The number of rotatable bonds is 4. The first kappa shape index (κ1) is 15.6. The summed E-state index contributed by atoms with van der Waals surface area (Å²) in [7, 11) is 0. The highest BCUT2D eigenvalue weighted by Gasteiger charge is 2.11. The molecule has 0 saturated carbocycles. The Morgan fingerprint density at radius 1 is 1.21 bits per heavy atom. The predicted molar refractivity (Wildman–Crippen MR) is 96.3 cm³/mol. The van der Waals surface area contributed by atoms with E-state index in [1.807, 2.05) is 54.6 Å². The molecule has 0 saturated heterocycles. The van der Waals surface area contributed by atoms with Crippen LogP contribution in [0.1, 0.15) is 18.1 Å². The maximum atomic E-state index is 12.3. The van der Waals surface area contributed by atoms with Crippen LogP contribution in [0.25, 0.3) is 17.0 Å². The molecule has 2 N–H and O–H groups in total. The van der Waals surface area contributed by atoms with Crippen molar-refractivity contribution in [2.45, 2.75) is 13.3 Å². The number of nitriles is 1. The number of nitrogens with one attached hydrogen (secondary N) is 2. The third kappa shape index (κ3) is 3.21. The number of aryl methyl sites for hydroxylation is 1. The number of anilines is 1. The van der Waals surface area contributed by atoms with Crippen molar-refractivity contribution in [1.82, 2.24) is 4.98 Å². The van der Waals surface area contributed by atoms with Crippen LogP contribution in [0.15, 0.2) is 60.3 Å². The summed E-state index contributed by atoms with van der Waals surface area (Å²) in [6.45, 7) is 2.07. The van der Waals surface area contributed by atoms with Crippen LogP contribution in [0.5, 0.6) is 0 Å². The van der Waals surface area contributed by atoms with E-state index in [0.717, 1.165) is 22.9 Å². The van der Waals surface area contributed by atoms with E-state index in [0.29, 0.717) is 5.69 Å². The second-order valence-electron chi connectivity index (χ2n) is 5.46. The molecule has 118 valence electrons. The summed E-state index contributed by atoms with van der Waals surface area (Å²) in [6.07, 6.45) is 4.35. The number of carbonyl (C=O) groups is 1. The molecule has 0 unspecified atom stereocenters. The largest absolute Gasteiger partial charge is 0.361 e. The van der Waals surface area contributed by atoms with Crippen LogP contribution in [0, 0.1) is 11.3 Å². The van der Waals surface area contributed by atoms with E-state index in [1.54, 1.807) is 12.3 Å². The van der Waals surface area contributed by atoms with E-state index in [9.17, 15) is 10.1 Å². The molecule has 1 heterocycles. The first-order valence-corrected chi connectivity index (χ1v) is 7.79. The van der Waals surface area contributed by atoms with E-state index < -0.39 is 5.91 Å². The zero-order valence-corrected chi connectivity index (χ0v) is 13.3. The van der Waals surface area contributed by atoms with Crippen LogP contribution >= 0.6 is 0 Å². The second-order valence-corrected chi connectivity index (χ2v) is 5.46. The Labute approximate surface area is 140 Å². The Morgan fingerprint density at radius 2 is 1.96 bits per heavy atom. The summed E-state index contributed by atoms with van der Waals surface area (Å²) < 4.78 is 0. The van der Waals surface area contributed by atoms with Crippen molar-refractivity contribution < 1.29 is 4.79 Å². The highest BCUT2D eigenvalue weighted by atomic mass is 16.1. The topological polar surface area (TPSA) is 68.7 Å². The maximum Gasteiger partial charge on any atom is 0.266 e. The van der Waals surface area contributed by atoms with E-state index >= 15 is 0 Å². The van der Waals surface area contributed by atoms with Gasteiger partial charge in [-0.25, -0.2) is 0 Å². The fourth-order valence-corrected chi connectivity index (χ4v) is 2.54. The number of benzene rings is 2. The molecule has 0 radical (unpaired) electrons. The number of hydrogen-bond acceptors (Lipinski definition) is 2. The Bertz CT molecular complexity index is 943. The molecule has 3 aromatic rings. The zero-order chi connectivity index (χ0) is 16.9. The normalized spacial score (nSPS) is 11.2.